The van der Waals surface area contributed by atoms with Gasteiger partial charge in [-0.25, -0.2) is 9.97 Å². The highest BCUT2D eigenvalue weighted by Gasteiger charge is 2.14. The molecular weight excluding hydrogens is 488 g/mol. The van der Waals surface area contributed by atoms with Crippen LogP contribution in [0, 0.1) is 0 Å². The van der Waals surface area contributed by atoms with E-state index in [1.807, 2.05) is 80.5 Å². The third-order valence-electron chi connectivity index (χ3n) is 5.67. The van der Waals surface area contributed by atoms with Crippen LogP contribution in [0.2, 0.25) is 5.02 Å². The smallest absolute Gasteiger partial charge is 0.234 e. The summed E-state index contributed by atoms with van der Waals surface area (Å²) in [6, 6.07) is 17.3. The number of fused-ring (bicyclic) bond motifs is 1. The van der Waals surface area contributed by atoms with E-state index in [1.54, 1.807) is 6.20 Å². The Morgan fingerprint density at radius 1 is 1.05 bits per heavy atom. The zero-order chi connectivity index (χ0) is 26.2. The molecule has 0 aliphatic rings. The van der Waals surface area contributed by atoms with E-state index in [1.165, 1.54) is 6.33 Å². The van der Waals surface area contributed by atoms with Gasteiger partial charge in [-0.2, -0.15) is 0 Å². The standard InChI is InChI=1S/C28H31ClN6O2/c1-19(33-26(36)16-35(2)3)17-37-25-9-6-8-24-27(25)28(32-18-31-24)34-22-13-11-20(23(29)15-22)10-12-21-7-4-5-14-30-21/h4-9,11,13-15,18-19H,10,12,16-17H2,1-3H3,(H,33,36)(H,31,32,34)/t19-/m0/s1. The van der Waals surface area contributed by atoms with Gasteiger partial charge in [-0.1, -0.05) is 29.8 Å². The van der Waals surface area contributed by atoms with Gasteiger partial charge >= 0.3 is 0 Å². The Labute approximate surface area is 222 Å². The molecule has 0 aliphatic carbocycles. The topological polar surface area (TPSA) is 92.3 Å². The molecule has 0 spiro atoms. The first-order valence-electron chi connectivity index (χ1n) is 12.1. The number of rotatable bonds is 11. The van der Waals surface area contributed by atoms with Crippen LogP contribution in [0.4, 0.5) is 11.5 Å². The summed E-state index contributed by atoms with van der Waals surface area (Å²) >= 11 is 6.61. The maximum atomic E-state index is 12.1. The maximum Gasteiger partial charge on any atom is 0.234 e. The summed E-state index contributed by atoms with van der Waals surface area (Å²) in [4.78, 5) is 27.1. The van der Waals surface area contributed by atoms with Crippen LogP contribution in [0.1, 0.15) is 18.2 Å². The molecule has 0 aliphatic heterocycles. The van der Waals surface area contributed by atoms with Gasteiger partial charge in [-0.3, -0.25) is 9.78 Å². The predicted molar refractivity (Wildman–Crippen MR) is 148 cm³/mol. The number of aromatic nitrogens is 3. The Balaban J connectivity index is 1.47. The number of aryl methyl sites for hydroxylation is 2. The van der Waals surface area contributed by atoms with Gasteiger partial charge in [0.05, 0.1) is 23.5 Å². The highest BCUT2D eigenvalue weighted by atomic mass is 35.5. The lowest BCUT2D eigenvalue weighted by Gasteiger charge is -2.18. The third kappa shape index (κ3) is 7.38. The number of anilines is 2. The van der Waals surface area contributed by atoms with Crippen LogP contribution in [0.3, 0.4) is 0 Å². The second-order valence-corrected chi connectivity index (χ2v) is 9.55. The molecule has 2 aromatic heterocycles. The molecule has 0 bridgehead atoms. The molecule has 2 aromatic carbocycles. The quantitative estimate of drug-likeness (QED) is 0.298. The SMILES string of the molecule is C[C@@H](COc1cccc2ncnc(Nc3ccc(CCc4ccccn4)c(Cl)c3)c12)NC(=O)CN(C)C. The minimum Gasteiger partial charge on any atom is -0.491 e. The molecule has 2 N–H and O–H groups in total. The van der Waals surface area contributed by atoms with E-state index < -0.39 is 0 Å². The molecule has 0 saturated carbocycles. The molecule has 1 amide bonds. The summed E-state index contributed by atoms with van der Waals surface area (Å²) in [5.41, 5.74) is 3.65. The molecule has 0 saturated heterocycles. The average Bonchev–Trinajstić information content (AvgIpc) is 2.87. The Kier molecular flexibility index (Phi) is 8.87. The first-order chi connectivity index (χ1) is 17.9. The number of carbonyl (C=O) groups is 1. The van der Waals surface area contributed by atoms with Crippen LogP contribution < -0.4 is 15.4 Å². The third-order valence-corrected chi connectivity index (χ3v) is 6.03. The van der Waals surface area contributed by atoms with E-state index in [9.17, 15) is 4.79 Å². The monoisotopic (exact) mass is 518 g/mol. The number of likely N-dealkylation sites (N-methyl/N-ethyl adjacent to an activating group) is 1. The van der Waals surface area contributed by atoms with E-state index in [-0.39, 0.29) is 11.9 Å². The highest BCUT2D eigenvalue weighted by molar-refractivity contribution is 6.31. The molecule has 4 rings (SSSR count). The summed E-state index contributed by atoms with van der Waals surface area (Å²) < 4.78 is 6.10. The van der Waals surface area contributed by atoms with Crippen LogP contribution in [-0.2, 0) is 17.6 Å². The summed E-state index contributed by atoms with van der Waals surface area (Å²) in [5, 5.41) is 7.75. The van der Waals surface area contributed by atoms with Gasteiger partial charge in [-0.05, 0) is 75.8 Å². The van der Waals surface area contributed by atoms with Crippen LogP contribution in [0.25, 0.3) is 10.9 Å². The molecular formula is C28H31ClN6O2. The number of benzene rings is 2. The first kappa shape index (κ1) is 26.3. The van der Waals surface area contributed by atoms with Crippen molar-refractivity contribution in [1.29, 1.82) is 0 Å². The molecule has 1 atom stereocenters. The van der Waals surface area contributed by atoms with Gasteiger partial charge < -0.3 is 20.3 Å². The summed E-state index contributed by atoms with van der Waals surface area (Å²) in [6.45, 7) is 2.54. The van der Waals surface area contributed by atoms with Gasteiger partial charge in [0.1, 0.15) is 24.5 Å². The van der Waals surface area contributed by atoms with Crippen molar-refractivity contribution in [2.45, 2.75) is 25.8 Å². The van der Waals surface area contributed by atoms with Crippen molar-refractivity contribution in [2.24, 2.45) is 0 Å². The molecule has 9 heteroatoms. The fourth-order valence-corrected chi connectivity index (χ4v) is 4.21. The Morgan fingerprint density at radius 2 is 1.92 bits per heavy atom. The normalized spacial score (nSPS) is 11.9. The molecule has 2 heterocycles. The van der Waals surface area contributed by atoms with Crippen molar-refractivity contribution in [3.05, 3.63) is 83.4 Å². The number of hydrogen-bond donors (Lipinski definition) is 2. The molecule has 4 aromatic rings. The number of hydrogen-bond acceptors (Lipinski definition) is 7. The minimum atomic E-state index is -0.166. The molecule has 0 fully saturated rings. The van der Waals surface area contributed by atoms with E-state index in [2.05, 4.69) is 25.6 Å². The van der Waals surface area contributed by atoms with Crippen molar-refractivity contribution in [1.82, 2.24) is 25.2 Å². The first-order valence-corrected chi connectivity index (χ1v) is 12.5. The second-order valence-electron chi connectivity index (χ2n) is 9.14. The molecule has 0 unspecified atom stereocenters. The van der Waals surface area contributed by atoms with Crippen molar-refractivity contribution in [3.8, 4) is 5.75 Å². The van der Waals surface area contributed by atoms with Gasteiger partial charge in [0.25, 0.3) is 0 Å². The van der Waals surface area contributed by atoms with E-state index in [0.717, 1.165) is 40.7 Å². The Hall–Kier alpha value is -3.75. The lowest BCUT2D eigenvalue weighted by Crippen LogP contribution is -2.41. The zero-order valence-corrected chi connectivity index (χ0v) is 22.0. The van der Waals surface area contributed by atoms with Crippen molar-refractivity contribution < 1.29 is 9.53 Å². The number of carbonyl (C=O) groups excluding carboxylic acids is 1. The van der Waals surface area contributed by atoms with E-state index >= 15 is 0 Å². The zero-order valence-electron chi connectivity index (χ0n) is 21.2. The number of nitrogens with one attached hydrogen (secondary N) is 2. The number of halogens is 1. The molecule has 192 valence electrons. The van der Waals surface area contributed by atoms with Crippen LogP contribution in [-0.4, -0.2) is 59.0 Å². The number of nitrogens with zero attached hydrogens (tertiary/aromatic N) is 4. The van der Waals surface area contributed by atoms with Gasteiger partial charge in [0.2, 0.25) is 5.91 Å². The number of pyridine rings is 1. The van der Waals surface area contributed by atoms with Crippen molar-refractivity contribution in [2.75, 3.05) is 32.6 Å². The van der Waals surface area contributed by atoms with E-state index in [4.69, 9.17) is 16.3 Å². The van der Waals surface area contributed by atoms with Crippen LogP contribution >= 0.6 is 11.6 Å². The summed E-state index contributed by atoms with van der Waals surface area (Å²) in [6.07, 6.45) is 4.93. The Morgan fingerprint density at radius 3 is 2.68 bits per heavy atom. The fourth-order valence-electron chi connectivity index (χ4n) is 3.93. The van der Waals surface area contributed by atoms with Crippen molar-refractivity contribution >= 4 is 39.9 Å². The van der Waals surface area contributed by atoms with Crippen LogP contribution in [0.15, 0.2) is 67.1 Å². The van der Waals surface area contributed by atoms with Crippen LogP contribution in [0.5, 0.6) is 5.75 Å². The van der Waals surface area contributed by atoms with Gasteiger partial charge in [-0.15, -0.1) is 0 Å². The number of amides is 1. The van der Waals surface area contributed by atoms with Gasteiger partial charge in [0, 0.05) is 22.6 Å². The summed E-state index contributed by atoms with van der Waals surface area (Å²) in [5.74, 6) is 1.19. The van der Waals surface area contributed by atoms with Gasteiger partial charge in [0.15, 0.2) is 0 Å². The van der Waals surface area contributed by atoms with Crippen molar-refractivity contribution in [3.63, 3.8) is 0 Å². The highest BCUT2D eigenvalue weighted by Crippen LogP contribution is 2.32. The lowest BCUT2D eigenvalue weighted by molar-refractivity contribution is -0.122. The average molecular weight is 519 g/mol. The molecule has 0 radical (unpaired) electrons. The maximum absolute atomic E-state index is 12.1. The fraction of sp³-hybridized carbons (Fsp3) is 0.286. The number of ether oxygens (including phenoxy) is 1. The lowest BCUT2D eigenvalue weighted by atomic mass is 10.1. The minimum absolute atomic E-state index is 0.0509. The van der Waals surface area contributed by atoms with E-state index in [0.29, 0.717) is 29.7 Å². The Bertz CT molecular complexity index is 1340. The molecule has 37 heavy (non-hydrogen) atoms. The second kappa shape index (κ2) is 12.5. The summed E-state index contributed by atoms with van der Waals surface area (Å²) in [7, 11) is 3.71. The largest absolute Gasteiger partial charge is 0.491 e. The predicted octanol–water partition coefficient (Wildman–Crippen LogP) is 4.65. The molecule has 8 nitrogen and oxygen atoms in total.